The van der Waals surface area contributed by atoms with Crippen LogP contribution >= 0.6 is 0 Å². The smallest absolute Gasteiger partial charge is 0.347 e. The molecule has 0 bridgehead atoms. The number of carbonyl (C=O) groups excluding carboxylic acids is 5. The zero-order valence-corrected chi connectivity index (χ0v) is 16.6. The summed E-state index contributed by atoms with van der Waals surface area (Å²) in [6, 6.07) is 3.37. The Labute approximate surface area is 167 Å². The second-order valence-corrected chi connectivity index (χ2v) is 7.92. The van der Waals surface area contributed by atoms with E-state index in [0.29, 0.717) is 0 Å². The second kappa shape index (κ2) is 7.31. The topological polar surface area (TPSA) is 119 Å². The van der Waals surface area contributed by atoms with Crippen LogP contribution in [-0.2, 0) is 19.1 Å². The van der Waals surface area contributed by atoms with Gasteiger partial charge >= 0.3 is 5.97 Å². The van der Waals surface area contributed by atoms with Crippen molar-refractivity contribution in [3.63, 3.8) is 0 Å². The molecule has 0 spiro atoms. The maximum Gasteiger partial charge on any atom is 0.347 e. The van der Waals surface area contributed by atoms with E-state index >= 15 is 0 Å². The number of fused-ring (bicyclic) bond motifs is 1. The largest absolute Gasteiger partial charge is 0.478 e. The van der Waals surface area contributed by atoms with Gasteiger partial charge in [0, 0.05) is 6.42 Å². The molecule has 4 amide bonds. The van der Waals surface area contributed by atoms with Gasteiger partial charge in [0.05, 0.1) is 11.1 Å². The molecule has 1 unspecified atom stereocenters. The Bertz CT molecular complexity index is 916. The van der Waals surface area contributed by atoms with E-state index in [9.17, 15) is 24.0 Å². The lowest BCUT2D eigenvalue weighted by molar-refractivity contribution is -0.162. The number of piperidine rings is 1. The minimum absolute atomic E-state index is 0.0161. The molecule has 154 valence electrons. The van der Waals surface area contributed by atoms with Gasteiger partial charge in [0.25, 0.3) is 11.8 Å². The van der Waals surface area contributed by atoms with Gasteiger partial charge in [-0.15, -0.1) is 0 Å². The lowest BCUT2D eigenvalue weighted by Gasteiger charge is -2.27. The molecule has 1 aromatic carbocycles. The highest BCUT2D eigenvalue weighted by molar-refractivity contribution is 6.24. The van der Waals surface area contributed by atoms with E-state index in [0.717, 1.165) is 4.90 Å². The maximum absolute atomic E-state index is 13.0. The molecule has 29 heavy (non-hydrogen) atoms. The van der Waals surface area contributed by atoms with Gasteiger partial charge in [-0.25, -0.2) is 4.79 Å². The summed E-state index contributed by atoms with van der Waals surface area (Å²) in [6.07, 6.45) is -0.933. The third kappa shape index (κ3) is 3.98. The number of nitrogens with one attached hydrogen (secondary N) is 1. The summed E-state index contributed by atoms with van der Waals surface area (Å²) in [5, 5.41) is 2.14. The van der Waals surface area contributed by atoms with Crippen LogP contribution in [0.2, 0.25) is 0 Å². The molecular formula is C20H22N2O7. The monoisotopic (exact) mass is 402 g/mol. The van der Waals surface area contributed by atoms with Gasteiger partial charge in [-0.2, -0.15) is 0 Å². The Morgan fingerprint density at radius 3 is 2.48 bits per heavy atom. The van der Waals surface area contributed by atoms with Crippen LogP contribution in [-0.4, -0.2) is 52.2 Å². The number of benzene rings is 1. The predicted octanol–water partition coefficient (Wildman–Crippen LogP) is 1.20. The first-order valence-electron chi connectivity index (χ1n) is 9.23. The zero-order valence-electron chi connectivity index (χ0n) is 16.6. The van der Waals surface area contributed by atoms with Gasteiger partial charge < -0.3 is 9.47 Å². The number of ether oxygens (including phenoxy) is 2. The van der Waals surface area contributed by atoms with Crippen molar-refractivity contribution in [2.75, 3.05) is 0 Å². The van der Waals surface area contributed by atoms with Gasteiger partial charge in [-0.1, -0.05) is 6.07 Å². The quantitative estimate of drug-likeness (QED) is 0.594. The molecule has 1 aromatic rings. The molecule has 0 aromatic heterocycles. The Hall–Kier alpha value is -3.23. The fraction of sp³-hybridized carbons (Fsp3) is 0.450. The summed E-state index contributed by atoms with van der Waals surface area (Å²) in [4.78, 5) is 62.3. The number of esters is 1. The van der Waals surface area contributed by atoms with Crippen LogP contribution in [0.1, 0.15) is 61.3 Å². The van der Waals surface area contributed by atoms with Crippen LogP contribution in [0.5, 0.6) is 5.75 Å². The predicted molar refractivity (Wildman–Crippen MR) is 99.0 cm³/mol. The molecule has 9 nitrogen and oxygen atoms in total. The molecule has 1 fully saturated rings. The average Bonchev–Trinajstić information content (AvgIpc) is 2.86. The third-order valence-corrected chi connectivity index (χ3v) is 4.47. The van der Waals surface area contributed by atoms with E-state index in [1.54, 1.807) is 20.8 Å². The van der Waals surface area contributed by atoms with Crippen LogP contribution in [0.3, 0.4) is 0 Å². The van der Waals surface area contributed by atoms with Gasteiger partial charge in [0.1, 0.15) is 17.4 Å². The van der Waals surface area contributed by atoms with E-state index in [1.165, 1.54) is 25.1 Å². The van der Waals surface area contributed by atoms with Crippen LogP contribution in [0.4, 0.5) is 0 Å². The lowest BCUT2D eigenvalue weighted by Crippen LogP contribution is -2.54. The highest BCUT2D eigenvalue weighted by Crippen LogP contribution is 2.34. The van der Waals surface area contributed by atoms with Crippen molar-refractivity contribution in [1.82, 2.24) is 10.2 Å². The molecule has 3 rings (SSSR count). The third-order valence-electron chi connectivity index (χ3n) is 4.47. The Morgan fingerprint density at radius 2 is 1.86 bits per heavy atom. The van der Waals surface area contributed by atoms with Crippen molar-refractivity contribution < 1.29 is 33.4 Å². The highest BCUT2D eigenvalue weighted by atomic mass is 16.6. The van der Waals surface area contributed by atoms with Crippen molar-refractivity contribution in [3.05, 3.63) is 29.3 Å². The zero-order chi connectivity index (χ0) is 21.5. The molecule has 2 aliphatic rings. The van der Waals surface area contributed by atoms with Crippen LogP contribution in [0.15, 0.2) is 18.2 Å². The van der Waals surface area contributed by atoms with Crippen LogP contribution < -0.4 is 10.1 Å². The minimum atomic E-state index is -1.07. The van der Waals surface area contributed by atoms with E-state index < -0.39 is 47.3 Å². The second-order valence-electron chi connectivity index (χ2n) is 7.92. The summed E-state index contributed by atoms with van der Waals surface area (Å²) in [5.74, 6) is -3.05. The standard InChI is InChI=1S/C20H22N2O7/c1-10(19(27)29-20(2,3)4)28-13-7-5-6-11-15(13)18(26)22(17(11)25)12-8-9-14(23)21-16(12)24/h5-7,10,12H,8-9H2,1-4H3,(H,21,23,24)/t10-,12?/m1/s1. The minimum Gasteiger partial charge on any atom is -0.478 e. The Kier molecular flexibility index (Phi) is 5.16. The highest BCUT2D eigenvalue weighted by Gasteiger charge is 2.46. The first-order valence-corrected chi connectivity index (χ1v) is 9.23. The van der Waals surface area contributed by atoms with Gasteiger partial charge in [-0.3, -0.25) is 29.4 Å². The van der Waals surface area contributed by atoms with E-state index in [1.807, 2.05) is 0 Å². The summed E-state index contributed by atoms with van der Waals surface area (Å²) in [6.45, 7) is 6.64. The number of carbonyl (C=O) groups is 5. The van der Waals surface area contributed by atoms with E-state index in [2.05, 4.69) is 5.32 Å². The first-order chi connectivity index (χ1) is 13.5. The number of nitrogens with zero attached hydrogens (tertiary/aromatic N) is 1. The van der Waals surface area contributed by atoms with Crippen molar-refractivity contribution in [2.45, 2.75) is 58.3 Å². The number of hydrogen-bond acceptors (Lipinski definition) is 7. The maximum atomic E-state index is 13.0. The molecule has 0 saturated carbocycles. The van der Waals surface area contributed by atoms with Crippen molar-refractivity contribution in [1.29, 1.82) is 0 Å². The van der Waals surface area contributed by atoms with Gasteiger partial charge in [-0.05, 0) is 46.2 Å². The van der Waals surface area contributed by atoms with E-state index in [-0.39, 0.29) is 29.7 Å². The molecule has 0 radical (unpaired) electrons. The molecular weight excluding hydrogens is 380 g/mol. The molecule has 2 heterocycles. The first kappa shape index (κ1) is 20.5. The Balaban J connectivity index is 1.86. The van der Waals surface area contributed by atoms with Crippen molar-refractivity contribution >= 4 is 29.6 Å². The fourth-order valence-corrected chi connectivity index (χ4v) is 3.21. The average molecular weight is 402 g/mol. The van der Waals surface area contributed by atoms with Gasteiger partial charge in [0.2, 0.25) is 11.8 Å². The fourth-order valence-electron chi connectivity index (χ4n) is 3.21. The summed E-state index contributed by atoms with van der Waals surface area (Å²) >= 11 is 0. The molecule has 2 aliphatic heterocycles. The van der Waals surface area contributed by atoms with Crippen LogP contribution in [0, 0.1) is 0 Å². The SMILES string of the molecule is C[C@@H](Oc1cccc2c1C(=O)N(C1CCC(=O)NC1=O)C2=O)C(=O)OC(C)(C)C. The van der Waals surface area contributed by atoms with E-state index in [4.69, 9.17) is 9.47 Å². The van der Waals surface area contributed by atoms with Crippen molar-refractivity contribution in [2.24, 2.45) is 0 Å². The molecule has 1 N–H and O–H groups in total. The molecule has 1 saturated heterocycles. The summed E-state index contributed by atoms with van der Waals surface area (Å²) < 4.78 is 10.9. The van der Waals surface area contributed by atoms with Gasteiger partial charge in [0.15, 0.2) is 6.10 Å². The van der Waals surface area contributed by atoms with Crippen LogP contribution in [0.25, 0.3) is 0 Å². The summed E-state index contributed by atoms with van der Waals surface area (Å²) in [7, 11) is 0. The number of imide groups is 2. The number of amides is 4. The number of hydrogen-bond donors (Lipinski definition) is 1. The lowest BCUT2D eigenvalue weighted by atomic mass is 10.0. The molecule has 2 atom stereocenters. The Morgan fingerprint density at radius 1 is 1.17 bits per heavy atom. The van der Waals surface area contributed by atoms with Crippen molar-refractivity contribution in [3.8, 4) is 5.75 Å². The molecule has 0 aliphatic carbocycles. The summed E-state index contributed by atoms with van der Waals surface area (Å²) in [5.41, 5.74) is -0.645. The molecule has 9 heteroatoms. The normalized spacial score (nSPS) is 20.3. The number of rotatable bonds is 4.